The number of aromatic amines is 1. The van der Waals surface area contributed by atoms with Gasteiger partial charge in [-0.05, 0) is 12.8 Å². The Bertz CT molecular complexity index is 1580. The lowest BCUT2D eigenvalue weighted by atomic mass is 10.1. The largest absolute Gasteiger partial charge is 0.481 e. The van der Waals surface area contributed by atoms with Gasteiger partial charge in [0.25, 0.3) is 5.56 Å². The van der Waals surface area contributed by atoms with Gasteiger partial charge in [0.15, 0.2) is 29.6 Å². The van der Waals surface area contributed by atoms with Gasteiger partial charge < -0.3 is 66.1 Å². The highest BCUT2D eigenvalue weighted by molar-refractivity contribution is 7.61. The highest BCUT2D eigenvalue weighted by atomic mass is 31.3. The van der Waals surface area contributed by atoms with Crippen LogP contribution in [0.1, 0.15) is 19.1 Å². The van der Waals surface area contributed by atoms with Gasteiger partial charge in [-0.2, -0.15) is 4.31 Å². The number of aromatic nitrogens is 4. The number of aliphatic hydroxyl groups excluding tert-OH is 4. The van der Waals surface area contributed by atoms with Gasteiger partial charge in [-0.25, -0.2) is 19.1 Å². The van der Waals surface area contributed by atoms with Crippen LogP contribution in [0.2, 0.25) is 0 Å². The number of nitrogens with zero attached hydrogens (tertiary/aromatic N) is 3. The number of ether oxygens (including phenoxy) is 2. The van der Waals surface area contributed by atoms with Crippen LogP contribution in [0.15, 0.2) is 17.4 Å². The lowest BCUT2D eigenvalue weighted by molar-refractivity contribution is -0.138. The third kappa shape index (κ3) is 9.16. The van der Waals surface area contributed by atoms with E-state index >= 15 is 0 Å². The van der Waals surface area contributed by atoms with Crippen LogP contribution < -0.4 is 21.9 Å². The number of fused-ring (bicyclic) bond motifs is 1. The summed E-state index contributed by atoms with van der Waals surface area (Å²) < 4.78 is 50.2. The number of phosphoric ester groups is 2. The molecule has 7 unspecified atom stereocenters. The maximum atomic E-state index is 12.4. The fraction of sp³-hybridized carbons (Fsp3) is 0.667. The number of aliphatic carboxylic acids is 1. The molecule has 2 aliphatic heterocycles. The van der Waals surface area contributed by atoms with Gasteiger partial charge in [-0.1, -0.05) is 0 Å². The quantitative estimate of drug-likeness (QED) is 0.0359. The number of hydrogen-bond acceptors (Lipinski definition) is 17. The van der Waals surface area contributed by atoms with E-state index in [-0.39, 0.29) is 36.5 Å². The maximum absolute atomic E-state index is 12.4. The molecule has 13 N–H and O–H groups in total. The molecule has 4 heterocycles. The second kappa shape index (κ2) is 15.1. The Morgan fingerprint density at radius 1 is 1.06 bits per heavy atom. The highest BCUT2D eigenvalue weighted by Crippen LogP contribution is 2.60. The monoisotopic (exact) mass is 716 g/mol. The van der Waals surface area contributed by atoms with Crippen LogP contribution in [-0.4, -0.2) is 135 Å². The summed E-state index contributed by atoms with van der Waals surface area (Å²) in [5, 5.41) is 62.9. The topological polar surface area (TPSA) is 376 Å². The first-order valence-electron chi connectivity index (χ1n) is 13.7. The van der Waals surface area contributed by atoms with E-state index in [2.05, 4.69) is 38.9 Å². The molecule has 11 atom stereocenters. The lowest BCUT2D eigenvalue weighted by Gasteiger charge is -2.20. The lowest BCUT2D eigenvalue weighted by Crippen LogP contribution is -2.48. The second-order valence-electron chi connectivity index (χ2n) is 10.3. The molecule has 0 amide bonds. The number of carboxylic acids is 1. The first-order valence-corrected chi connectivity index (χ1v) is 16.7. The zero-order chi connectivity index (χ0) is 34.7. The third-order valence-electron chi connectivity index (χ3n) is 6.95. The SMILES string of the molecule is N=C(NCCC[C@H](N)C(=O)O)NC1O[C@H](COP(=O)(O)OP(=O)(O)OCC2OC(n3cnc4c(=O)[nH]cnc43)[C@H](O)[C@@H]2O)C(O)C1O. The molecule has 264 valence electrons. The summed E-state index contributed by atoms with van der Waals surface area (Å²) in [5.41, 5.74) is 4.71. The van der Waals surface area contributed by atoms with Crippen LogP contribution in [0.5, 0.6) is 0 Å². The van der Waals surface area contributed by atoms with E-state index < -0.39 is 95.5 Å². The van der Waals surface area contributed by atoms with Gasteiger partial charge in [-0.15, -0.1) is 0 Å². The van der Waals surface area contributed by atoms with Gasteiger partial charge in [-0.3, -0.25) is 28.6 Å². The summed E-state index contributed by atoms with van der Waals surface area (Å²) in [6.07, 6.45) is -9.88. The minimum absolute atomic E-state index is 0.00224. The molecular formula is C21H34N8O16P2. The van der Waals surface area contributed by atoms with E-state index in [0.717, 1.165) is 17.2 Å². The van der Waals surface area contributed by atoms with E-state index in [1.165, 1.54) is 0 Å². The second-order valence-corrected chi connectivity index (χ2v) is 13.4. The molecule has 0 aromatic carbocycles. The van der Waals surface area contributed by atoms with Gasteiger partial charge in [0.2, 0.25) is 0 Å². The molecule has 0 aliphatic carbocycles. The number of rotatable bonds is 15. The molecule has 4 rings (SSSR count). The fourth-order valence-corrected chi connectivity index (χ4v) is 6.61. The Balaban J connectivity index is 1.23. The van der Waals surface area contributed by atoms with Gasteiger partial charge in [0, 0.05) is 6.54 Å². The minimum Gasteiger partial charge on any atom is -0.480 e. The molecule has 2 aromatic heterocycles. The molecule has 26 heteroatoms. The molecule has 2 fully saturated rings. The van der Waals surface area contributed by atoms with E-state index in [9.17, 15) is 48.9 Å². The summed E-state index contributed by atoms with van der Waals surface area (Å²) in [6.45, 7) is -1.76. The number of carbonyl (C=O) groups is 1. The number of nitrogens with one attached hydrogen (secondary N) is 4. The Morgan fingerprint density at radius 2 is 1.68 bits per heavy atom. The Morgan fingerprint density at radius 3 is 2.32 bits per heavy atom. The van der Waals surface area contributed by atoms with Crippen molar-refractivity contribution in [3.8, 4) is 0 Å². The van der Waals surface area contributed by atoms with Gasteiger partial charge in [0.1, 0.15) is 42.7 Å². The zero-order valence-corrected chi connectivity index (χ0v) is 25.8. The molecule has 2 saturated heterocycles. The van der Waals surface area contributed by atoms with Crippen LogP contribution in [-0.2, 0) is 36.8 Å². The minimum atomic E-state index is -5.41. The normalized spacial score (nSPS) is 30.9. The molecule has 47 heavy (non-hydrogen) atoms. The van der Waals surface area contributed by atoms with Crippen molar-refractivity contribution in [1.82, 2.24) is 30.2 Å². The fourth-order valence-electron chi connectivity index (χ4n) is 4.52. The van der Waals surface area contributed by atoms with Gasteiger partial charge >= 0.3 is 21.6 Å². The number of phosphoric acid groups is 2. The Hall–Kier alpha value is -2.93. The molecule has 2 aromatic rings. The summed E-state index contributed by atoms with van der Waals surface area (Å²) in [7, 11) is -10.8. The zero-order valence-electron chi connectivity index (χ0n) is 24.0. The van der Waals surface area contributed by atoms with Crippen LogP contribution in [0, 0.1) is 5.41 Å². The van der Waals surface area contributed by atoms with Crippen LogP contribution >= 0.6 is 15.6 Å². The highest BCUT2D eigenvalue weighted by Gasteiger charge is 2.47. The average Bonchev–Trinajstić information content (AvgIpc) is 3.63. The Labute approximate surface area is 263 Å². The summed E-state index contributed by atoms with van der Waals surface area (Å²) in [5.74, 6) is -1.55. The smallest absolute Gasteiger partial charge is 0.480 e. The van der Waals surface area contributed by atoms with Crippen molar-refractivity contribution in [3.05, 3.63) is 23.0 Å². The van der Waals surface area contributed by atoms with E-state index in [0.29, 0.717) is 0 Å². The van der Waals surface area contributed by atoms with Crippen molar-refractivity contribution in [1.29, 1.82) is 5.41 Å². The molecule has 2 aliphatic rings. The molecular weight excluding hydrogens is 682 g/mol. The van der Waals surface area contributed by atoms with Crippen LogP contribution in [0.25, 0.3) is 11.2 Å². The summed E-state index contributed by atoms with van der Waals surface area (Å²) >= 11 is 0. The first-order chi connectivity index (χ1) is 22.0. The molecule has 0 saturated carbocycles. The first kappa shape index (κ1) is 36.9. The van der Waals surface area contributed by atoms with E-state index in [4.69, 9.17) is 25.7 Å². The summed E-state index contributed by atoms with van der Waals surface area (Å²) in [6, 6.07) is -1.08. The molecule has 24 nitrogen and oxygen atoms in total. The number of imidazole rings is 1. The number of H-pyrrole nitrogens is 1. The van der Waals surface area contributed by atoms with Crippen molar-refractivity contribution in [2.75, 3.05) is 19.8 Å². The molecule has 0 bridgehead atoms. The number of carboxylic acid groups (broad SMARTS) is 1. The van der Waals surface area contributed by atoms with Crippen LogP contribution in [0.4, 0.5) is 0 Å². The van der Waals surface area contributed by atoms with Crippen molar-refractivity contribution in [2.45, 2.75) is 68.0 Å². The van der Waals surface area contributed by atoms with Gasteiger partial charge in [0.05, 0.1) is 25.9 Å². The third-order valence-corrected chi connectivity index (χ3v) is 9.55. The van der Waals surface area contributed by atoms with E-state index in [1.54, 1.807) is 0 Å². The summed E-state index contributed by atoms with van der Waals surface area (Å²) in [4.78, 5) is 52.7. The average molecular weight is 716 g/mol. The molecule has 0 radical (unpaired) electrons. The maximum Gasteiger partial charge on any atom is 0.481 e. The van der Waals surface area contributed by atoms with Crippen molar-refractivity contribution < 1.29 is 72.1 Å². The van der Waals surface area contributed by atoms with E-state index in [1.807, 2.05) is 0 Å². The van der Waals surface area contributed by atoms with Crippen LogP contribution in [0.3, 0.4) is 0 Å². The number of nitrogens with two attached hydrogens (primary N) is 1. The number of aliphatic hydroxyl groups is 4. The predicted octanol–water partition coefficient (Wildman–Crippen LogP) is -4.26. The standard InChI is InChI=1S/C21H34N8O16P2/c22-8(20(35)36)2-1-3-24-21(23)28-18-14(32)12(30)9(43-18)4-41-46(37,38)45-47(39,40)42-5-10-13(31)15(33)19(44-10)29-7-27-11-16(29)25-6-26-17(11)34/h6-10,12-15,18-19,30-33H,1-5,22H2,(H,35,36)(H,37,38)(H,39,40)(H3,23,24,28)(H,25,26,34)/t8-,9+,10?,12?,13+,14?,15+,18?,19?/m0/s1. The van der Waals surface area contributed by atoms with Crippen molar-refractivity contribution in [2.24, 2.45) is 5.73 Å². The number of hydrogen-bond donors (Lipinski definition) is 12. The predicted molar refractivity (Wildman–Crippen MR) is 151 cm³/mol. The number of guanidine groups is 1. The Kier molecular flexibility index (Phi) is 11.8. The van der Waals surface area contributed by atoms with Crippen molar-refractivity contribution in [3.63, 3.8) is 0 Å². The van der Waals surface area contributed by atoms with Crippen molar-refractivity contribution >= 4 is 38.7 Å². The molecule has 0 spiro atoms.